The first-order valence-corrected chi connectivity index (χ1v) is 5.74. The molecule has 0 bridgehead atoms. The van der Waals surface area contributed by atoms with E-state index in [-0.39, 0.29) is 34.5 Å². The number of nitrogens with two attached hydrogens (primary N) is 2. The standard InChI is InChI=1S/C9H14N2O3S.Na.H/c1-4-7(10)5(2)9(15(12,13)14)6(3)8(4)11;;/h10-11H2,1-3H3,(H,12,13,14);;. The summed E-state index contributed by atoms with van der Waals surface area (Å²) >= 11 is 0. The van der Waals surface area contributed by atoms with E-state index in [9.17, 15) is 8.42 Å². The third kappa shape index (κ3) is 2.52. The number of nitrogen functional groups attached to an aromatic ring is 2. The molecule has 7 heteroatoms. The molecule has 0 heterocycles. The first kappa shape index (κ1) is 15.7. The number of benzene rings is 1. The van der Waals surface area contributed by atoms with Crippen molar-refractivity contribution in [2.24, 2.45) is 0 Å². The molecule has 0 saturated heterocycles. The van der Waals surface area contributed by atoms with Crippen LogP contribution in [0.5, 0.6) is 0 Å². The van der Waals surface area contributed by atoms with E-state index < -0.39 is 10.1 Å². The summed E-state index contributed by atoms with van der Waals surface area (Å²) in [6.07, 6.45) is 0. The van der Waals surface area contributed by atoms with Crippen LogP contribution in [0.15, 0.2) is 4.90 Å². The molecule has 1 rings (SSSR count). The van der Waals surface area contributed by atoms with E-state index in [1.165, 1.54) is 13.8 Å². The van der Waals surface area contributed by atoms with E-state index in [1.807, 2.05) is 0 Å². The van der Waals surface area contributed by atoms with Gasteiger partial charge in [-0.3, -0.25) is 4.55 Å². The van der Waals surface area contributed by atoms with Crippen molar-refractivity contribution in [1.29, 1.82) is 0 Å². The summed E-state index contributed by atoms with van der Waals surface area (Å²) in [7, 11) is -4.29. The maximum atomic E-state index is 11.1. The zero-order chi connectivity index (χ0) is 12.0. The third-order valence-corrected chi connectivity index (χ3v) is 3.68. The topological polar surface area (TPSA) is 106 Å². The van der Waals surface area contributed by atoms with Crippen molar-refractivity contribution >= 4 is 51.1 Å². The van der Waals surface area contributed by atoms with Crippen LogP contribution in [0.3, 0.4) is 0 Å². The van der Waals surface area contributed by atoms with Crippen LogP contribution in [0.2, 0.25) is 0 Å². The molecule has 0 aromatic heterocycles. The Morgan fingerprint density at radius 3 is 1.50 bits per heavy atom. The van der Waals surface area contributed by atoms with Gasteiger partial charge in [-0.15, -0.1) is 0 Å². The van der Waals surface area contributed by atoms with Crippen LogP contribution in [-0.2, 0) is 10.1 Å². The molecule has 0 radical (unpaired) electrons. The van der Waals surface area contributed by atoms with Gasteiger partial charge in [-0.2, -0.15) is 8.42 Å². The van der Waals surface area contributed by atoms with Crippen LogP contribution in [0, 0.1) is 20.8 Å². The van der Waals surface area contributed by atoms with Crippen LogP contribution >= 0.6 is 0 Å². The SMILES string of the molecule is Cc1c(N)c(C)c(S(=O)(=O)O)c(C)c1N.[NaH]. The third-order valence-electron chi connectivity index (χ3n) is 2.56. The zero-order valence-electron chi connectivity index (χ0n) is 8.83. The summed E-state index contributed by atoms with van der Waals surface area (Å²) in [6, 6.07) is 0. The van der Waals surface area contributed by atoms with Gasteiger partial charge < -0.3 is 11.5 Å². The van der Waals surface area contributed by atoms with Crippen molar-refractivity contribution < 1.29 is 13.0 Å². The van der Waals surface area contributed by atoms with Gasteiger partial charge in [-0.05, 0) is 37.5 Å². The molecule has 0 unspecified atom stereocenters. The molecule has 5 N–H and O–H groups in total. The van der Waals surface area contributed by atoms with Gasteiger partial charge in [0.1, 0.15) is 4.90 Å². The van der Waals surface area contributed by atoms with E-state index in [1.54, 1.807) is 6.92 Å². The monoisotopic (exact) mass is 254 g/mol. The molecule has 0 spiro atoms. The predicted molar refractivity (Wildman–Crippen MR) is 66.4 cm³/mol. The first-order chi connectivity index (χ1) is 6.68. The first-order valence-electron chi connectivity index (χ1n) is 4.30. The number of anilines is 2. The Morgan fingerprint density at radius 1 is 0.938 bits per heavy atom. The van der Waals surface area contributed by atoms with Gasteiger partial charge in [0.25, 0.3) is 10.1 Å². The number of hydrogen-bond donors (Lipinski definition) is 3. The van der Waals surface area contributed by atoms with Crippen molar-refractivity contribution in [1.82, 2.24) is 0 Å². The Kier molecular flexibility index (Phi) is 4.85. The molecular formula is C9H15N2NaO3S. The quantitative estimate of drug-likeness (QED) is 0.381. The normalized spacial score (nSPS) is 11.0. The van der Waals surface area contributed by atoms with Gasteiger partial charge in [-0.1, -0.05) is 0 Å². The second-order valence-corrected chi connectivity index (χ2v) is 4.86. The van der Waals surface area contributed by atoms with E-state index in [2.05, 4.69) is 0 Å². The van der Waals surface area contributed by atoms with Crippen molar-refractivity contribution in [3.8, 4) is 0 Å². The molecule has 1 aromatic rings. The van der Waals surface area contributed by atoms with Crippen molar-refractivity contribution in [3.05, 3.63) is 16.7 Å². The Bertz CT molecular complexity index is 497. The molecule has 0 aliphatic heterocycles. The fraction of sp³-hybridized carbons (Fsp3) is 0.333. The Labute approximate surface area is 117 Å². The second-order valence-electron chi connectivity index (χ2n) is 3.51. The van der Waals surface area contributed by atoms with Crippen molar-refractivity contribution in [3.63, 3.8) is 0 Å². The fourth-order valence-corrected chi connectivity index (χ4v) is 2.61. The Hall–Kier alpha value is -0.270. The van der Waals surface area contributed by atoms with E-state index >= 15 is 0 Å². The summed E-state index contributed by atoms with van der Waals surface area (Å²) in [4.78, 5) is -0.192. The fourth-order valence-electron chi connectivity index (χ4n) is 1.62. The molecule has 86 valence electrons. The summed E-state index contributed by atoms with van der Waals surface area (Å²) in [5.74, 6) is 0. The van der Waals surface area contributed by atoms with Crippen LogP contribution in [0.4, 0.5) is 11.4 Å². The summed E-state index contributed by atoms with van der Waals surface area (Å²) < 4.78 is 31.3. The van der Waals surface area contributed by atoms with E-state index in [0.717, 1.165) is 0 Å². The molecule has 0 aliphatic carbocycles. The predicted octanol–water partition coefficient (Wildman–Crippen LogP) is 0.374. The van der Waals surface area contributed by atoms with Crippen LogP contribution in [0.1, 0.15) is 16.7 Å². The zero-order valence-corrected chi connectivity index (χ0v) is 9.64. The van der Waals surface area contributed by atoms with E-state index in [0.29, 0.717) is 28.1 Å². The van der Waals surface area contributed by atoms with Gasteiger partial charge in [-0.25, -0.2) is 0 Å². The van der Waals surface area contributed by atoms with Crippen molar-refractivity contribution in [2.45, 2.75) is 25.7 Å². The van der Waals surface area contributed by atoms with Crippen LogP contribution in [0.25, 0.3) is 0 Å². The van der Waals surface area contributed by atoms with Gasteiger partial charge in [0, 0.05) is 11.4 Å². The summed E-state index contributed by atoms with van der Waals surface area (Å²) in [5, 5.41) is 0. The van der Waals surface area contributed by atoms with Gasteiger partial charge >= 0.3 is 29.6 Å². The minimum absolute atomic E-state index is 0. The summed E-state index contributed by atoms with van der Waals surface area (Å²) in [6.45, 7) is 4.79. The molecule has 0 fully saturated rings. The molecule has 0 amide bonds. The molecule has 5 nitrogen and oxygen atoms in total. The van der Waals surface area contributed by atoms with Crippen LogP contribution in [-0.4, -0.2) is 42.5 Å². The molecular weight excluding hydrogens is 239 g/mol. The van der Waals surface area contributed by atoms with E-state index in [4.69, 9.17) is 16.0 Å². The second kappa shape index (κ2) is 4.93. The van der Waals surface area contributed by atoms with Gasteiger partial charge in [0.15, 0.2) is 0 Å². The molecule has 0 atom stereocenters. The molecule has 1 aromatic carbocycles. The molecule has 0 saturated carbocycles. The van der Waals surface area contributed by atoms with Crippen molar-refractivity contribution in [2.75, 3.05) is 11.5 Å². The number of rotatable bonds is 1. The molecule has 16 heavy (non-hydrogen) atoms. The number of hydrogen-bond acceptors (Lipinski definition) is 4. The average molecular weight is 254 g/mol. The average Bonchev–Trinajstić information content (AvgIpc) is 2.09. The van der Waals surface area contributed by atoms with Crippen LogP contribution < -0.4 is 11.5 Å². The van der Waals surface area contributed by atoms with Gasteiger partial charge in [0.2, 0.25) is 0 Å². The molecule has 0 aliphatic rings. The summed E-state index contributed by atoms with van der Waals surface area (Å²) in [5.41, 5.74) is 13.3. The Balaban J connectivity index is 0.00000225. The minimum atomic E-state index is -4.29. The Morgan fingerprint density at radius 2 is 1.25 bits per heavy atom. The maximum absolute atomic E-state index is 11.1. The van der Waals surface area contributed by atoms with Gasteiger partial charge in [0.05, 0.1) is 0 Å².